The van der Waals surface area contributed by atoms with Gasteiger partial charge in [0.15, 0.2) is 11.6 Å². The van der Waals surface area contributed by atoms with Crippen LogP contribution in [0.5, 0.6) is 5.88 Å². The van der Waals surface area contributed by atoms with Crippen molar-refractivity contribution in [3.63, 3.8) is 0 Å². The molecule has 0 saturated carbocycles. The minimum atomic E-state index is -0.994. The molecule has 0 atom stereocenters. The third-order valence-electron chi connectivity index (χ3n) is 6.82. The number of fused-ring (bicyclic) bond motifs is 1. The van der Waals surface area contributed by atoms with Gasteiger partial charge in [-0.05, 0) is 36.4 Å². The summed E-state index contributed by atoms with van der Waals surface area (Å²) in [5.41, 5.74) is 1.98. The molecule has 0 amide bonds. The Kier molecular flexibility index (Phi) is 8.43. The predicted octanol–water partition coefficient (Wildman–Crippen LogP) is 4.61. The van der Waals surface area contributed by atoms with Crippen LogP contribution in [0.15, 0.2) is 48.5 Å². The molecule has 0 spiro atoms. The predicted molar refractivity (Wildman–Crippen MR) is 146 cm³/mol. The number of piperazine rings is 1. The van der Waals surface area contributed by atoms with Crippen LogP contribution in [0.25, 0.3) is 11.0 Å². The highest BCUT2D eigenvalue weighted by Gasteiger charge is 2.23. The summed E-state index contributed by atoms with van der Waals surface area (Å²) in [6, 6.07) is 11.9. The van der Waals surface area contributed by atoms with E-state index in [4.69, 9.17) is 26.1 Å². The lowest BCUT2D eigenvalue weighted by Gasteiger charge is -2.35. The summed E-state index contributed by atoms with van der Waals surface area (Å²) in [4.78, 5) is 24.7. The van der Waals surface area contributed by atoms with Crippen LogP contribution >= 0.6 is 11.6 Å². The van der Waals surface area contributed by atoms with Crippen molar-refractivity contribution in [1.29, 1.82) is 0 Å². The molecule has 9 nitrogen and oxygen atoms in total. The van der Waals surface area contributed by atoms with Crippen LogP contribution in [-0.4, -0.2) is 70.4 Å². The third kappa shape index (κ3) is 6.16. The van der Waals surface area contributed by atoms with Gasteiger partial charge in [-0.1, -0.05) is 17.7 Å². The average molecular weight is 572 g/mol. The number of carboxylic acids is 1. The number of halogens is 3. The maximum atomic E-state index is 14.7. The number of aromatic nitrogens is 3. The maximum Gasteiger partial charge on any atom is 0.335 e. The van der Waals surface area contributed by atoms with Crippen LogP contribution < -0.4 is 9.64 Å². The quantitative estimate of drug-likeness (QED) is 0.295. The van der Waals surface area contributed by atoms with Gasteiger partial charge in [0.1, 0.15) is 18.2 Å². The van der Waals surface area contributed by atoms with Crippen LogP contribution in [0.3, 0.4) is 0 Å². The molecular formula is C28H28ClF2N5O4. The van der Waals surface area contributed by atoms with E-state index >= 15 is 0 Å². The monoisotopic (exact) mass is 571 g/mol. The first-order valence-corrected chi connectivity index (χ1v) is 13.1. The average Bonchev–Trinajstić information content (AvgIpc) is 3.28. The lowest BCUT2D eigenvalue weighted by atomic mass is 10.2. The van der Waals surface area contributed by atoms with Gasteiger partial charge >= 0.3 is 5.97 Å². The number of rotatable bonds is 10. The number of anilines is 1. The molecule has 1 aliphatic heterocycles. The molecule has 210 valence electrons. The smallest absolute Gasteiger partial charge is 0.335 e. The van der Waals surface area contributed by atoms with E-state index in [1.165, 1.54) is 24.3 Å². The second-order valence-corrected chi connectivity index (χ2v) is 9.86. The van der Waals surface area contributed by atoms with Gasteiger partial charge in [-0.15, -0.1) is 0 Å². The largest absolute Gasteiger partial charge is 0.478 e. The van der Waals surface area contributed by atoms with Crippen LogP contribution in [-0.2, 0) is 24.4 Å². The van der Waals surface area contributed by atoms with Crippen molar-refractivity contribution in [2.75, 3.05) is 44.8 Å². The van der Waals surface area contributed by atoms with Gasteiger partial charge in [0.25, 0.3) is 0 Å². The fourth-order valence-corrected chi connectivity index (χ4v) is 4.84. The highest BCUT2D eigenvalue weighted by atomic mass is 35.5. The zero-order valence-corrected chi connectivity index (χ0v) is 22.6. The Bertz CT molecular complexity index is 1520. The van der Waals surface area contributed by atoms with Gasteiger partial charge in [-0.3, -0.25) is 4.90 Å². The summed E-state index contributed by atoms with van der Waals surface area (Å²) < 4.78 is 41.7. The van der Waals surface area contributed by atoms with Crippen molar-refractivity contribution < 1.29 is 28.2 Å². The van der Waals surface area contributed by atoms with Crippen LogP contribution in [0, 0.1) is 11.6 Å². The molecule has 4 aromatic rings. The fraction of sp³-hybridized carbons (Fsp3) is 0.321. The molecule has 0 aliphatic carbocycles. The zero-order valence-electron chi connectivity index (χ0n) is 21.8. The molecule has 2 aromatic heterocycles. The number of aromatic carboxylic acids is 1. The molecule has 1 N–H and O–H groups in total. The SMILES string of the molecule is COCCn1c(CN2CCN(c3nc(OCc4ccc(Cl)cc4F)ccc3F)CC2)nc2ccc(C(=O)O)cc21. The molecule has 0 unspecified atom stereocenters. The van der Waals surface area contributed by atoms with Crippen molar-refractivity contribution in [2.45, 2.75) is 19.7 Å². The summed E-state index contributed by atoms with van der Waals surface area (Å²) in [7, 11) is 1.61. The Morgan fingerprint density at radius 3 is 2.55 bits per heavy atom. The first-order chi connectivity index (χ1) is 19.3. The van der Waals surface area contributed by atoms with Crippen molar-refractivity contribution in [2.24, 2.45) is 0 Å². The number of nitrogens with zero attached hydrogens (tertiary/aromatic N) is 5. The number of methoxy groups -OCH3 is 1. The molecule has 1 fully saturated rings. The Morgan fingerprint density at radius 1 is 1.02 bits per heavy atom. The van der Waals surface area contributed by atoms with Crippen molar-refractivity contribution >= 4 is 34.4 Å². The van der Waals surface area contributed by atoms with E-state index in [0.29, 0.717) is 56.5 Å². The first kappa shape index (κ1) is 27.8. The topological polar surface area (TPSA) is 93.0 Å². The second kappa shape index (κ2) is 12.2. The summed E-state index contributed by atoms with van der Waals surface area (Å²) in [5.74, 6) is -0.759. The molecular weight excluding hydrogens is 544 g/mol. The highest BCUT2D eigenvalue weighted by Crippen LogP contribution is 2.25. The van der Waals surface area contributed by atoms with Gasteiger partial charge in [-0.25, -0.2) is 18.6 Å². The summed E-state index contributed by atoms with van der Waals surface area (Å²) in [6.07, 6.45) is 0. The molecule has 3 heterocycles. The lowest BCUT2D eigenvalue weighted by molar-refractivity contribution is 0.0697. The third-order valence-corrected chi connectivity index (χ3v) is 7.06. The van der Waals surface area contributed by atoms with E-state index in [2.05, 4.69) is 9.88 Å². The molecule has 5 rings (SSSR count). The van der Waals surface area contributed by atoms with Gasteiger partial charge in [0.2, 0.25) is 5.88 Å². The van der Waals surface area contributed by atoms with Gasteiger partial charge in [-0.2, -0.15) is 4.98 Å². The Balaban J connectivity index is 1.25. The zero-order chi connectivity index (χ0) is 28.2. The van der Waals surface area contributed by atoms with E-state index in [1.807, 2.05) is 9.47 Å². The number of carboxylic acid groups (broad SMARTS) is 1. The van der Waals surface area contributed by atoms with Crippen molar-refractivity contribution in [3.8, 4) is 5.88 Å². The molecule has 2 aromatic carbocycles. The maximum absolute atomic E-state index is 14.7. The molecule has 1 saturated heterocycles. The van der Waals surface area contributed by atoms with Gasteiger partial charge in [0.05, 0.1) is 29.7 Å². The number of pyridine rings is 1. The van der Waals surface area contributed by atoms with Crippen LogP contribution in [0.2, 0.25) is 5.02 Å². The fourth-order valence-electron chi connectivity index (χ4n) is 4.68. The molecule has 0 bridgehead atoms. The first-order valence-electron chi connectivity index (χ1n) is 12.7. The van der Waals surface area contributed by atoms with Gasteiger partial charge in [0, 0.05) is 56.5 Å². The minimum absolute atomic E-state index is 0.0626. The van der Waals surface area contributed by atoms with Crippen LogP contribution in [0.1, 0.15) is 21.7 Å². The summed E-state index contributed by atoms with van der Waals surface area (Å²) in [5, 5.41) is 9.70. The van der Waals surface area contributed by atoms with Gasteiger partial charge < -0.3 is 24.0 Å². The van der Waals surface area contributed by atoms with Crippen molar-refractivity contribution in [3.05, 3.63) is 82.1 Å². The normalized spacial score (nSPS) is 14.2. The Labute approximate surface area is 234 Å². The molecule has 40 heavy (non-hydrogen) atoms. The van der Waals surface area contributed by atoms with Crippen molar-refractivity contribution in [1.82, 2.24) is 19.4 Å². The molecule has 0 radical (unpaired) electrons. The van der Waals surface area contributed by atoms with Crippen LogP contribution in [0.4, 0.5) is 14.6 Å². The van der Waals surface area contributed by atoms with E-state index in [1.54, 1.807) is 31.4 Å². The van der Waals surface area contributed by atoms with E-state index in [-0.39, 0.29) is 23.9 Å². The highest BCUT2D eigenvalue weighted by molar-refractivity contribution is 6.30. The van der Waals surface area contributed by atoms with E-state index < -0.39 is 17.6 Å². The molecule has 1 aliphatic rings. The summed E-state index contributed by atoms with van der Waals surface area (Å²) >= 11 is 5.80. The number of carbonyl (C=O) groups is 1. The number of imidazole rings is 1. The summed E-state index contributed by atoms with van der Waals surface area (Å²) in [6.45, 7) is 3.80. The standard InChI is InChI=1S/C28H28ClF2N5O4/c1-39-13-12-36-24-14-18(28(37)38)3-6-23(24)32-25(36)16-34-8-10-35(11-9-34)27-21(30)5-7-26(33-27)40-17-19-2-4-20(29)15-22(19)31/h2-7,14-15H,8-13,16-17H2,1H3,(H,37,38). The minimum Gasteiger partial charge on any atom is -0.478 e. The van der Waals surface area contributed by atoms with E-state index in [9.17, 15) is 18.7 Å². The second-order valence-electron chi connectivity index (χ2n) is 9.42. The van der Waals surface area contributed by atoms with E-state index in [0.717, 1.165) is 16.9 Å². The number of benzene rings is 2. The number of hydrogen-bond donors (Lipinski definition) is 1. The number of ether oxygens (including phenoxy) is 2. The Hall–Kier alpha value is -3.80. The Morgan fingerprint density at radius 2 is 1.82 bits per heavy atom. The number of hydrogen-bond acceptors (Lipinski definition) is 7. The lowest BCUT2D eigenvalue weighted by Crippen LogP contribution is -2.46. The molecule has 12 heteroatoms.